The number of aromatic nitrogens is 1. The summed E-state index contributed by atoms with van der Waals surface area (Å²) in [6.07, 6.45) is 0. The van der Waals surface area contributed by atoms with E-state index in [9.17, 15) is 0 Å². The van der Waals surface area contributed by atoms with Crippen LogP contribution in [0.2, 0.25) is 0 Å². The first-order valence-corrected chi connectivity index (χ1v) is 7.12. The molecule has 0 radical (unpaired) electrons. The van der Waals surface area contributed by atoms with Gasteiger partial charge in [0, 0.05) is 22.3 Å². The summed E-state index contributed by atoms with van der Waals surface area (Å²) in [4.78, 5) is 0. The molecule has 0 atom stereocenters. The van der Waals surface area contributed by atoms with Crippen LogP contribution in [0.1, 0.15) is 45.2 Å². The summed E-state index contributed by atoms with van der Waals surface area (Å²) in [5.41, 5.74) is 4.21. The van der Waals surface area contributed by atoms with Crippen LogP contribution in [0, 0.1) is 0 Å². The summed E-state index contributed by atoms with van der Waals surface area (Å²) in [6.45, 7) is 9.08. The van der Waals surface area contributed by atoms with Crippen molar-refractivity contribution in [1.29, 1.82) is 0 Å². The zero-order valence-electron chi connectivity index (χ0n) is 12.1. The molecule has 0 amide bonds. The van der Waals surface area contributed by atoms with Crippen LogP contribution in [-0.2, 0) is 0 Å². The molecule has 0 aliphatic heterocycles. The summed E-state index contributed by atoms with van der Waals surface area (Å²) in [5.74, 6) is 0.547. The van der Waals surface area contributed by atoms with Gasteiger partial charge in [-0.1, -0.05) is 50.2 Å². The average Bonchev–Trinajstić information content (AvgIpc) is 2.72. The molecule has 98 valence electrons. The van der Waals surface area contributed by atoms with E-state index >= 15 is 0 Å². The summed E-state index contributed by atoms with van der Waals surface area (Å²) < 4.78 is 2.49. The molecule has 1 aromatic heterocycles. The topological polar surface area (TPSA) is 4.93 Å². The minimum absolute atomic E-state index is 0.474. The van der Waals surface area contributed by atoms with Gasteiger partial charge in [0.15, 0.2) is 0 Å². The van der Waals surface area contributed by atoms with Crippen molar-refractivity contribution < 1.29 is 0 Å². The molecule has 0 bridgehead atoms. The zero-order valence-corrected chi connectivity index (χ0v) is 12.1. The van der Waals surface area contributed by atoms with Crippen molar-refractivity contribution in [3.05, 3.63) is 48.0 Å². The van der Waals surface area contributed by atoms with Gasteiger partial charge in [-0.3, -0.25) is 0 Å². The Morgan fingerprint density at radius 3 is 2.16 bits per heavy atom. The van der Waals surface area contributed by atoms with E-state index < -0.39 is 0 Å². The molecule has 3 rings (SSSR count). The maximum atomic E-state index is 2.49. The van der Waals surface area contributed by atoms with Crippen molar-refractivity contribution in [2.45, 2.75) is 39.7 Å². The smallest absolute Gasteiger partial charge is 0.0528 e. The van der Waals surface area contributed by atoms with Crippen LogP contribution in [-0.4, -0.2) is 4.57 Å². The summed E-state index contributed by atoms with van der Waals surface area (Å²) in [6, 6.07) is 15.9. The average molecular weight is 251 g/mol. The van der Waals surface area contributed by atoms with E-state index in [1.807, 2.05) is 0 Å². The minimum atomic E-state index is 0.474. The van der Waals surface area contributed by atoms with Crippen LogP contribution in [0.3, 0.4) is 0 Å². The van der Waals surface area contributed by atoms with Gasteiger partial charge in [0.1, 0.15) is 0 Å². The third-order valence-electron chi connectivity index (χ3n) is 3.90. The fourth-order valence-electron chi connectivity index (χ4n) is 3.08. The van der Waals surface area contributed by atoms with E-state index in [4.69, 9.17) is 0 Å². The molecular weight excluding hydrogens is 230 g/mol. The fraction of sp³-hybridized carbons (Fsp3) is 0.333. The van der Waals surface area contributed by atoms with Crippen molar-refractivity contribution in [3.8, 4) is 0 Å². The highest BCUT2D eigenvalue weighted by molar-refractivity contribution is 6.09. The summed E-state index contributed by atoms with van der Waals surface area (Å²) in [7, 11) is 0. The van der Waals surface area contributed by atoms with E-state index in [0.29, 0.717) is 12.0 Å². The maximum Gasteiger partial charge on any atom is 0.0528 e. The first-order valence-electron chi connectivity index (χ1n) is 7.12. The predicted molar refractivity (Wildman–Crippen MR) is 83.9 cm³/mol. The second-order valence-corrected chi connectivity index (χ2v) is 5.88. The Hall–Kier alpha value is -1.76. The summed E-state index contributed by atoms with van der Waals surface area (Å²) >= 11 is 0. The molecule has 0 aliphatic rings. The minimum Gasteiger partial charge on any atom is -0.338 e. The molecule has 0 saturated heterocycles. The lowest BCUT2D eigenvalue weighted by molar-refractivity contribution is 0.638. The largest absolute Gasteiger partial charge is 0.338 e. The fourth-order valence-corrected chi connectivity index (χ4v) is 3.08. The molecule has 19 heavy (non-hydrogen) atoms. The number of hydrogen-bond donors (Lipinski definition) is 0. The third kappa shape index (κ3) is 1.76. The lowest BCUT2D eigenvalue weighted by Crippen LogP contribution is -2.02. The van der Waals surface area contributed by atoms with Gasteiger partial charge in [0.25, 0.3) is 0 Å². The number of hydrogen-bond acceptors (Lipinski definition) is 0. The highest BCUT2D eigenvalue weighted by atomic mass is 15.0. The second-order valence-electron chi connectivity index (χ2n) is 5.88. The Balaban J connectivity index is 2.57. The van der Waals surface area contributed by atoms with Crippen LogP contribution in [0.5, 0.6) is 0 Å². The van der Waals surface area contributed by atoms with Crippen molar-refractivity contribution in [1.82, 2.24) is 4.57 Å². The van der Waals surface area contributed by atoms with Crippen LogP contribution in [0.4, 0.5) is 0 Å². The molecule has 0 unspecified atom stereocenters. The SMILES string of the molecule is CC(C)c1cccc2c3ccccc3n(C(C)C)c12. The number of nitrogens with zero attached hydrogens (tertiary/aromatic N) is 1. The van der Waals surface area contributed by atoms with Crippen LogP contribution in [0.25, 0.3) is 21.8 Å². The highest BCUT2D eigenvalue weighted by Gasteiger charge is 2.16. The number of benzene rings is 2. The van der Waals surface area contributed by atoms with E-state index in [2.05, 4.69) is 74.7 Å². The van der Waals surface area contributed by atoms with Crippen molar-refractivity contribution in [2.75, 3.05) is 0 Å². The van der Waals surface area contributed by atoms with Gasteiger partial charge in [0.2, 0.25) is 0 Å². The summed E-state index contributed by atoms with van der Waals surface area (Å²) in [5, 5.41) is 2.75. The van der Waals surface area contributed by atoms with Crippen LogP contribution >= 0.6 is 0 Å². The molecule has 1 heteroatoms. The van der Waals surface area contributed by atoms with Gasteiger partial charge in [-0.05, 0) is 31.4 Å². The van der Waals surface area contributed by atoms with Gasteiger partial charge in [-0.2, -0.15) is 0 Å². The first-order chi connectivity index (χ1) is 9.11. The monoisotopic (exact) mass is 251 g/mol. The molecule has 3 aromatic rings. The van der Waals surface area contributed by atoms with Crippen LogP contribution < -0.4 is 0 Å². The van der Waals surface area contributed by atoms with E-state index in [1.54, 1.807) is 0 Å². The molecular formula is C18H21N. The molecule has 0 saturated carbocycles. The molecule has 0 aliphatic carbocycles. The lowest BCUT2D eigenvalue weighted by atomic mass is 10.00. The van der Waals surface area contributed by atoms with Gasteiger partial charge in [-0.15, -0.1) is 0 Å². The Bertz CT molecular complexity index is 732. The van der Waals surface area contributed by atoms with Crippen molar-refractivity contribution in [3.63, 3.8) is 0 Å². The van der Waals surface area contributed by atoms with Gasteiger partial charge >= 0.3 is 0 Å². The molecule has 1 heterocycles. The van der Waals surface area contributed by atoms with Crippen molar-refractivity contribution >= 4 is 21.8 Å². The van der Waals surface area contributed by atoms with Gasteiger partial charge in [0.05, 0.1) is 5.52 Å². The van der Waals surface area contributed by atoms with E-state index in [-0.39, 0.29) is 0 Å². The highest BCUT2D eigenvalue weighted by Crippen LogP contribution is 2.35. The molecule has 2 aromatic carbocycles. The Labute approximate surface area is 114 Å². The van der Waals surface area contributed by atoms with Gasteiger partial charge in [-0.25, -0.2) is 0 Å². The second kappa shape index (κ2) is 4.41. The van der Waals surface area contributed by atoms with Gasteiger partial charge < -0.3 is 4.57 Å². The van der Waals surface area contributed by atoms with Crippen LogP contribution in [0.15, 0.2) is 42.5 Å². The van der Waals surface area contributed by atoms with E-state index in [1.165, 1.54) is 27.4 Å². The lowest BCUT2D eigenvalue weighted by Gasteiger charge is -2.16. The molecule has 0 fully saturated rings. The van der Waals surface area contributed by atoms with Crippen molar-refractivity contribution in [2.24, 2.45) is 0 Å². The maximum absolute atomic E-state index is 2.49. The Morgan fingerprint density at radius 1 is 0.789 bits per heavy atom. The quantitative estimate of drug-likeness (QED) is 0.567. The normalized spacial score (nSPS) is 12.1. The molecule has 0 spiro atoms. The Kier molecular flexibility index (Phi) is 2.85. The zero-order chi connectivity index (χ0) is 13.6. The third-order valence-corrected chi connectivity index (χ3v) is 3.90. The number of rotatable bonds is 2. The number of fused-ring (bicyclic) bond motifs is 3. The standard InChI is InChI=1S/C18H21N/c1-12(2)14-9-7-10-16-15-8-5-6-11-17(15)19(13(3)4)18(14)16/h5-13H,1-4H3. The first kappa shape index (κ1) is 12.3. The Morgan fingerprint density at radius 2 is 1.47 bits per heavy atom. The predicted octanol–water partition coefficient (Wildman–Crippen LogP) is 5.50. The number of para-hydroxylation sites is 2. The molecule has 1 nitrogen and oxygen atoms in total. The molecule has 0 N–H and O–H groups in total. The van der Waals surface area contributed by atoms with E-state index in [0.717, 1.165) is 0 Å².